The molecule has 0 aliphatic rings. The van der Waals surface area contributed by atoms with E-state index < -0.39 is 0 Å². The number of nitrogens with one attached hydrogen (secondary N) is 2. The highest BCUT2D eigenvalue weighted by molar-refractivity contribution is 8.00. The Morgan fingerprint density at radius 2 is 1.67 bits per heavy atom. The van der Waals surface area contributed by atoms with Crippen molar-refractivity contribution in [3.05, 3.63) is 83.4 Å². The number of thioether (sulfide) groups is 1. The van der Waals surface area contributed by atoms with Crippen LogP contribution in [0.4, 0.5) is 11.4 Å². The lowest BCUT2D eigenvalue weighted by molar-refractivity contribution is -0.115. The Morgan fingerprint density at radius 3 is 2.37 bits per heavy atom. The lowest BCUT2D eigenvalue weighted by atomic mass is 10.2. The average Bonchev–Trinajstić information content (AvgIpc) is 2.74. The van der Waals surface area contributed by atoms with E-state index in [1.165, 1.54) is 11.8 Å². The monoisotopic (exact) mass is 440 g/mol. The smallest absolute Gasteiger partial charge is 0.255 e. The van der Waals surface area contributed by atoms with Crippen LogP contribution in [-0.2, 0) is 4.79 Å². The first-order valence-electron chi connectivity index (χ1n) is 9.23. The molecule has 0 saturated heterocycles. The number of anilines is 2. The average molecular weight is 441 g/mol. The third-order valence-corrected chi connectivity index (χ3v) is 5.55. The van der Waals surface area contributed by atoms with Gasteiger partial charge in [0.1, 0.15) is 5.75 Å². The van der Waals surface area contributed by atoms with Gasteiger partial charge in [0.05, 0.1) is 12.4 Å². The van der Waals surface area contributed by atoms with E-state index in [0.717, 1.165) is 10.6 Å². The zero-order chi connectivity index (χ0) is 21.5. The van der Waals surface area contributed by atoms with Crippen molar-refractivity contribution in [2.45, 2.75) is 17.1 Å². The molecular weight excluding hydrogens is 420 g/mol. The van der Waals surface area contributed by atoms with Gasteiger partial charge in [-0.25, -0.2) is 0 Å². The molecule has 0 fully saturated rings. The van der Waals surface area contributed by atoms with E-state index in [1.54, 1.807) is 61.7 Å². The predicted octanol–water partition coefficient (Wildman–Crippen LogP) is 5.72. The summed E-state index contributed by atoms with van der Waals surface area (Å²) in [5, 5.41) is 5.92. The van der Waals surface area contributed by atoms with Crippen LogP contribution in [0.2, 0.25) is 5.02 Å². The fraction of sp³-hybridized carbons (Fsp3) is 0.130. The van der Waals surface area contributed by atoms with Crippen LogP contribution in [0.15, 0.2) is 77.7 Å². The number of carbonyl (C=O) groups excluding carboxylic acids is 2. The van der Waals surface area contributed by atoms with Crippen LogP contribution in [-0.4, -0.2) is 24.2 Å². The summed E-state index contributed by atoms with van der Waals surface area (Å²) in [5.74, 6) is 0.371. The second kappa shape index (κ2) is 10.2. The third kappa shape index (κ3) is 6.02. The van der Waals surface area contributed by atoms with Crippen molar-refractivity contribution in [2.75, 3.05) is 17.7 Å². The molecule has 0 spiro atoms. The molecule has 7 heteroatoms. The summed E-state index contributed by atoms with van der Waals surface area (Å²) in [6.07, 6.45) is 0. The number of halogens is 1. The minimum atomic E-state index is -0.328. The van der Waals surface area contributed by atoms with Crippen LogP contribution in [0.5, 0.6) is 5.75 Å². The molecule has 3 aromatic carbocycles. The summed E-state index contributed by atoms with van der Waals surface area (Å²) in [4.78, 5) is 25.8. The molecule has 5 nitrogen and oxygen atoms in total. The summed E-state index contributed by atoms with van der Waals surface area (Å²) >= 11 is 7.36. The van der Waals surface area contributed by atoms with Crippen LogP contribution in [0.1, 0.15) is 17.3 Å². The summed E-state index contributed by atoms with van der Waals surface area (Å²) in [5.41, 5.74) is 1.83. The lowest BCUT2D eigenvalue weighted by Gasteiger charge is -2.13. The largest absolute Gasteiger partial charge is 0.497 e. The normalized spacial score (nSPS) is 11.4. The van der Waals surface area contributed by atoms with Gasteiger partial charge in [-0.2, -0.15) is 0 Å². The standard InChI is InChI=1S/C23H21ClN2O3S/c1-15(22(27)25-18-9-11-20(29-2)12-10-18)30-21-8-4-7-19(14-21)26-23(28)16-5-3-6-17(24)13-16/h3-15H,1-2H3,(H,25,27)(H,26,28). The molecule has 0 saturated carbocycles. The van der Waals surface area contributed by atoms with Gasteiger partial charge in [0.2, 0.25) is 5.91 Å². The van der Waals surface area contributed by atoms with Crippen LogP contribution < -0.4 is 15.4 Å². The Labute approximate surface area is 184 Å². The van der Waals surface area contributed by atoms with E-state index in [0.29, 0.717) is 22.0 Å². The maximum atomic E-state index is 12.5. The number of methoxy groups -OCH3 is 1. The van der Waals surface area contributed by atoms with E-state index in [9.17, 15) is 9.59 Å². The van der Waals surface area contributed by atoms with Gasteiger partial charge >= 0.3 is 0 Å². The predicted molar refractivity (Wildman–Crippen MR) is 123 cm³/mol. The fourth-order valence-electron chi connectivity index (χ4n) is 2.66. The molecule has 2 N–H and O–H groups in total. The van der Waals surface area contributed by atoms with Crippen molar-refractivity contribution in [2.24, 2.45) is 0 Å². The number of rotatable bonds is 7. The van der Waals surface area contributed by atoms with Crippen LogP contribution >= 0.6 is 23.4 Å². The SMILES string of the molecule is COc1ccc(NC(=O)C(C)Sc2cccc(NC(=O)c3cccc(Cl)c3)c2)cc1. The Balaban J connectivity index is 1.60. The van der Waals surface area contributed by atoms with E-state index in [1.807, 2.05) is 25.1 Å². The first kappa shape index (κ1) is 21.7. The number of hydrogen-bond acceptors (Lipinski definition) is 4. The Hall–Kier alpha value is -2.96. The highest BCUT2D eigenvalue weighted by atomic mass is 35.5. The van der Waals surface area contributed by atoms with E-state index in [4.69, 9.17) is 16.3 Å². The quantitative estimate of drug-likeness (QED) is 0.461. The zero-order valence-corrected chi connectivity index (χ0v) is 18.1. The fourth-order valence-corrected chi connectivity index (χ4v) is 3.77. The molecule has 0 aromatic heterocycles. The van der Waals surface area contributed by atoms with Gasteiger partial charge in [0, 0.05) is 26.9 Å². The number of ether oxygens (including phenoxy) is 1. The summed E-state index contributed by atoms with van der Waals surface area (Å²) in [6.45, 7) is 1.83. The molecule has 0 radical (unpaired) electrons. The Kier molecular flexibility index (Phi) is 7.38. The van der Waals surface area contributed by atoms with Crippen LogP contribution in [0.25, 0.3) is 0 Å². The number of amides is 2. The van der Waals surface area contributed by atoms with E-state index in [2.05, 4.69) is 10.6 Å². The van der Waals surface area contributed by atoms with Gasteiger partial charge in [-0.1, -0.05) is 23.7 Å². The molecule has 0 bridgehead atoms. The lowest BCUT2D eigenvalue weighted by Crippen LogP contribution is -2.22. The minimum Gasteiger partial charge on any atom is -0.497 e. The van der Waals surface area contributed by atoms with Crippen molar-refractivity contribution in [3.63, 3.8) is 0 Å². The Bertz CT molecular complexity index is 1040. The molecule has 0 aliphatic carbocycles. The molecule has 1 atom stereocenters. The summed E-state index contributed by atoms with van der Waals surface area (Å²) in [6, 6.07) is 21.3. The number of hydrogen-bond donors (Lipinski definition) is 2. The molecular formula is C23H21ClN2O3S. The van der Waals surface area contributed by atoms with Gasteiger partial charge in [0.25, 0.3) is 5.91 Å². The molecule has 3 rings (SSSR count). The molecule has 0 heterocycles. The number of carbonyl (C=O) groups is 2. The first-order valence-corrected chi connectivity index (χ1v) is 10.5. The maximum absolute atomic E-state index is 12.5. The molecule has 1 unspecified atom stereocenters. The highest BCUT2D eigenvalue weighted by Crippen LogP contribution is 2.27. The molecule has 30 heavy (non-hydrogen) atoms. The number of benzene rings is 3. The second-order valence-electron chi connectivity index (χ2n) is 6.47. The van der Waals surface area contributed by atoms with Gasteiger partial charge in [0.15, 0.2) is 0 Å². The van der Waals surface area contributed by atoms with Crippen molar-refractivity contribution in [3.8, 4) is 5.75 Å². The van der Waals surface area contributed by atoms with Crippen molar-refractivity contribution in [1.29, 1.82) is 0 Å². The van der Waals surface area contributed by atoms with E-state index in [-0.39, 0.29) is 17.1 Å². The van der Waals surface area contributed by atoms with Crippen LogP contribution in [0.3, 0.4) is 0 Å². The molecule has 0 aliphatic heterocycles. The van der Waals surface area contributed by atoms with Crippen molar-refractivity contribution >= 4 is 46.6 Å². The molecule has 154 valence electrons. The van der Waals surface area contributed by atoms with Gasteiger partial charge in [-0.3, -0.25) is 9.59 Å². The summed E-state index contributed by atoms with van der Waals surface area (Å²) < 4.78 is 5.12. The first-order chi connectivity index (χ1) is 14.4. The highest BCUT2D eigenvalue weighted by Gasteiger charge is 2.15. The van der Waals surface area contributed by atoms with Gasteiger partial charge in [-0.15, -0.1) is 11.8 Å². The maximum Gasteiger partial charge on any atom is 0.255 e. The van der Waals surface area contributed by atoms with Gasteiger partial charge < -0.3 is 15.4 Å². The molecule has 3 aromatic rings. The van der Waals surface area contributed by atoms with Gasteiger partial charge in [-0.05, 0) is 67.6 Å². The summed E-state index contributed by atoms with van der Waals surface area (Å²) in [7, 11) is 1.60. The van der Waals surface area contributed by atoms with E-state index >= 15 is 0 Å². The second-order valence-corrected chi connectivity index (χ2v) is 8.32. The van der Waals surface area contributed by atoms with Crippen molar-refractivity contribution < 1.29 is 14.3 Å². The van der Waals surface area contributed by atoms with Crippen LogP contribution in [0, 0.1) is 0 Å². The van der Waals surface area contributed by atoms with Crippen molar-refractivity contribution in [1.82, 2.24) is 0 Å². The minimum absolute atomic E-state index is 0.112. The molecule has 2 amide bonds. The topological polar surface area (TPSA) is 67.4 Å². The zero-order valence-electron chi connectivity index (χ0n) is 16.5. The Morgan fingerprint density at radius 1 is 0.933 bits per heavy atom. The third-order valence-electron chi connectivity index (χ3n) is 4.22.